The fourth-order valence-corrected chi connectivity index (χ4v) is 1.86. The van der Waals surface area contributed by atoms with E-state index in [1.165, 1.54) is 5.57 Å². The van der Waals surface area contributed by atoms with Crippen LogP contribution >= 0.6 is 0 Å². The molecule has 1 nitrogen and oxygen atoms in total. The molecular weight excluding hydrogens is 160 g/mol. The van der Waals surface area contributed by atoms with Crippen molar-refractivity contribution < 1.29 is 5.11 Å². The molecule has 0 heterocycles. The maximum atomic E-state index is 9.89. The van der Waals surface area contributed by atoms with Gasteiger partial charge in [0.05, 0.1) is 6.10 Å². The number of rotatable bonds is 3. The van der Waals surface area contributed by atoms with E-state index in [9.17, 15) is 5.11 Å². The Morgan fingerprint density at radius 1 is 1.38 bits per heavy atom. The number of aliphatic hydroxyl groups is 1. The number of hydrogen-bond donors (Lipinski definition) is 1. The van der Waals surface area contributed by atoms with Crippen molar-refractivity contribution in [3.63, 3.8) is 0 Å². The third kappa shape index (κ3) is 3.77. The summed E-state index contributed by atoms with van der Waals surface area (Å²) in [5.41, 5.74) is 2.38. The van der Waals surface area contributed by atoms with Crippen molar-refractivity contribution in [1.82, 2.24) is 0 Å². The Labute approximate surface area is 82.2 Å². The van der Waals surface area contributed by atoms with Crippen LogP contribution in [0.4, 0.5) is 0 Å². The van der Waals surface area contributed by atoms with Gasteiger partial charge in [0, 0.05) is 0 Å². The molecule has 1 N–H and O–H groups in total. The highest BCUT2D eigenvalue weighted by atomic mass is 16.3. The van der Waals surface area contributed by atoms with Crippen molar-refractivity contribution >= 4 is 0 Å². The second-order valence-corrected chi connectivity index (χ2v) is 4.70. The van der Waals surface area contributed by atoms with Gasteiger partial charge in [-0.3, -0.25) is 0 Å². The van der Waals surface area contributed by atoms with Gasteiger partial charge in [-0.25, -0.2) is 0 Å². The topological polar surface area (TPSA) is 20.2 Å². The maximum Gasteiger partial charge on any atom is 0.0791 e. The Bertz CT molecular complexity index is 202. The van der Waals surface area contributed by atoms with E-state index in [4.69, 9.17) is 0 Å². The standard InChI is InChI=1S/C12H22O/c1-7-8-10(13)11(9(2)3)12(4,5)6/h7,10,13H,1,8H2,2-6H3. The summed E-state index contributed by atoms with van der Waals surface area (Å²) >= 11 is 0. The van der Waals surface area contributed by atoms with Gasteiger partial charge in [-0.2, -0.15) is 0 Å². The van der Waals surface area contributed by atoms with E-state index in [-0.39, 0.29) is 11.5 Å². The Hall–Kier alpha value is -0.560. The van der Waals surface area contributed by atoms with Crippen LogP contribution in [0.25, 0.3) is 0 Å². The van der Waals surface area contributed by atoms with E-state index in [2.05, 4.69) is 27.4 Å². The van der Waals surface area contributed by atoms with Crippen molar-refractivity contribution in [3.8, 4) is 0 Å². The summed E-state index contributed by atoms with van der Waals surface area (Å²) in [6.45, 7) is 14.1. The smallest absolute Gasteiger partial charge is 0.0791 e. The normalized spacial score (nSPS) is 13.7. The molecule has 0 aromatic rings. The predicted octanol–water partition coefficient (Wildman–Crippen LogP) is 3.31. The molecule has 0 radical (unpaired) electrons. The van der Waals surface area contributed by atoms with E-state index in [0.29, 0.717) is 6.42 Å². The molecule has 13 heavy (non-hydrogen) atoms. The molecule has 0 saturated heterocycles. The second kappa shape index (κ2) is 4.61. The van der Waals surface area contributed by atoms with Crippen molar-refractivity contribution in [2.45, 2.75) is 47.1 Å². The molecule has 0 aliphatic carbocycles. The summed E-state index contributed by atoms with van der Waals surface area (Å²) in [7, 11) is 0. The maximum absolute atomic E-state index is 9.89. The molecule has 1 heteroatoms. The molecule has 0 aromatic heterocycles. The highest BCUT2D eigenvalue weighted by Crippen LogP contribution is 2.31. The molecule has 76 valence electrons. The summed E-state index contributed by atoms with van der Waals surface area (Å²) in [6, 6.07) is 0. The fraction of sp³-hybridized carbons (Fsp3) is 0.667. The fourth-order valence-electron chi connectivity index (χ4n) is 1.86. The van der Waals surface area contributed by atoms with Crippen molar-refractivity contribution in [2.24, 2.45) is 5.41 Å². The summed E-state index contributed by atoms with van der Waals surface area (Å²) in [5.74, 6) is 0. The first kappa shape index (κ1) is 12.4. The van der Waals surface area contributed by atoms with Gasteiger partial charge in [-0.05, 0) is 31.3 Å². The van der Waals surface area contributed by atoms with Crippen LogP contribution in [-0.2, 0) is 0 Å². The van der Waals surface area contributed by atoms with Crippen molar-refractivity contribution in [3.05, 3.63) is 23.8 Å². The number of aliphatic hydroxyl groups excluding tert-OH is 1. The van der Waals surface area contributed by atoms with Gasteiger partial charge in [0.1, 0.15) is 0 Å². The average Bonchev–Trinajstić information content (AvgIpc) is 1.82. The van der Waals surface area contributed by atoms with E-state index in [1.54, 1.807) is 6.08 Å². The monoisotopic (exact) mass is 182 g/mol. The quantitative estimate of drug-likeness (QED) is 0.664. The minimum atomic E-state index is -0.373. The summed E-state index contributed by atoms with van der Waals surface area (Å²) in [6.07, 6.45) is 2.03. The third-order valence-corrected chi connectivity index (χ3v) is 2.07. The third-order valence-electron chi connectivity index (χ3n) is 2.07. The van der Waals surface area contributed by atoms with Gasteiger partial charge in [-0.15, -0.1) is 6.58 Å². The van der Waals surface area contributed by atoms with Gasteiger partial charge in [0.25, 0.3) is 0 Å². The van der Waals surface area contributed by atoms with Crippen LogP contribution in [0.5, 0.6) is 0 Å². The van der Waals surface area contributed by atoms with Crippen LogP contribution in [0.15, 0.2) is 23.8 Å². The van der Waals surface area contributed by atoms with Gasteiger partial charge >= 0.3 is 0 Å². The van der Waals surface area contributed by atoms with Crippen LogP contribution in [0.1, 0.15) is 41.0 Å². The molecule has 0 aliphatic heterocycles. The van der Waals surface area contributed by atoms with Crippen molar-refractivity contribution in [1.29, 1.82) is 0 Å². The molecule has 0 rings (SSSR count). The van der Waals surface area contributed by atoms with E-state index >= 15 is 0 Å². The molecule has 0 aliphatic rings. The first-order chi connectivity index (χ1) is 5.80. The SMILES string of the molecule is C=CCC(O)C(=C(C)C)C(C)(C)C. The highest BCUT2D eigenvalue weighted by molar-refractivity contribution is 5.21. The lowest BCUT2D eigenvalue weighted by Gasteiger charge is -2.28. The highest BCUT2D eigenvalue weighted by Gasteiger charge is 2.23. The lowest BCUT2D eigenvalue weighted by Crippen LogP contribution is -2.23. The summed E-state index contributed by atoms with van der Waals surface area (Å²) < 4.78 is 0. The molecule has 0 bridgehead atoms. The molecule has 1 unspecified atom stereocenters. The Kier molecular flexibility index (Phi) is 4.41. The zero-order valence-corrected chi connectivity index (χ0v) is 9.52. The lowest BCUT2D eigenvalue weighted by molar-refractivity contribution is 0.186. The van der Waals surface area contributed by atoms with Crippen LogP contribution < -0.4 is 0 Å². The molecule has 1 atom stereocenters. The molecule has 0 spiro atoms. The van der Waals surface area contributed by atoms with Gasteiger partial charge in [-0.1, -0.05) is 32.4 Å². The minimum absolute atomic E-state index is 0.0429. The van der Waals surface area contributed by atoms with Crippen LogP contribution in [0.3, 0.4) is 0 Å². The lowest BCUT2D eigenvalue weighted by atomic mass is 9.80. The zero-order valence-electron chi connectivity index (χ0n) is 9.52. The van der Waals surface area contributed by atoms with Gasteiger partial charge in [0.15, 0.2) is 0 Å². The summed E-state index contributed by atoms with van der Waals surface area (Å²) in [4.78, 5) is 0. The second-order valence-electron chi connectivity index (χ2n) is 4.70. The molecule has 0 fully saturated rings. The van der Waals surface area contributed by atoms with E-state index in [1.807, 2.05) is 13.8 Å². The predicted molar refractivity (Wildman–Crippen MR) is 58.6 cm³/mol. The van der Waals surface area contributed by atoms with E-state index < -0.39 is 0 Å². The molecule has 0 amide bonds. The minimum Gasteiger partial charge on any atom is -0.388 e. The van der Waals surface area contributed by atoms with Crippen LogP contribution in [-0.4, -0.2) is 11.2 Å². The average molecular weight is 182 g/mol. The Morgan fingerprint density at radius 3 is 2.08 bits per heavy atom. The van der Waals surface area contributed by atoms with Gasteiger partial charge in [0.2, 0.25) is 0 Å². The van der Waals surface area contributed by atoms with E-state index in [0.717, 1.165) is 5.57 Å². The number of allylic oxidation sites excluding steroid dienone is 1. The summed E-state index contributed by atoms with van der Waals surface area (Å²) in [5, 5.41) is 9.89. The molecule has 0 aromatic carbocycles. The molecular formula is C12H22O. The van der Waals surface area contributed by atoms with Crippen LogP contribution in [0, 0.1) is 5.41 Å². The number of hydrogen-bond acceptors (Lipinski definition) is 1. The van der Waals surface area contributed by atoms with Gasteiger partial charge < -0.3 is 5.11 Å². The zero-order chi connectivity index (χ0) is 10.6. The first-order valence-electron chi connectivity index (χ1n) is 4.77. The van der Waals surface area contributed by atoms with Crippen molar-refractivity contribution in [2.75, 3.05) is 0 Å². The first-order valence-corrected chi connectivity index (χ1v) is 4.77. The Balaban J connectivity index is 4.85. The molecule has 0 saturated carbocycles. The Morgan fingerprint density at radius 2 is 1.85 bits per heavy atom. The largest absolute Gasteiger partial charge is 0.388 e. The van der Waals surface area contributed by atoms with Crippen LogP contribution in [0.2, 0.25) is 0 Å².